The van der Waals surface area contributed by atoms with E-state index < -0.39 is 0 Å². The van der Waals surface area contributed by atoms with Gasteiger partial charge in [-0.25, -0.2) is 4.68 Å². The van der Waals surface area contributed by atoms with Gasteiger partial charge in [-0.15, -0.1) is 0 Å². The normalized spacial score (nSPS) is 13.1. The summed E-state index contributed by atoms with van der Waals surface area (Å²) in [4.78, 5) is 24.1. The molecule has 0 radical (unpaired) electrons. The SMILES string of the molecule is O=C(NCCc1ccn(-c2ccccc2)n1)c1ccc(NC(=O)C2CC2)cc1. The van der Waals surface area contributed by atoms with Crippen LogP contribution in [-0.2, 0) is 11.2 Å². The molecule has 6 heteroatoms. The van der Waals surface area contributed by atoms with Gasteiger partial charge in [0, 0.05) is 36.3 Å². The average Bonchev–Trinajstić information content (AvgIpc) is 3.48. The van der Waals surface area contributed by atoms with Crippen molar-refractivity contribution in [2.45, 2.75) is 19.3 Å². The molecule has 1 aromatic heterocycles. The van der Waals surface area contributed by atoms with Crippen molar-refractivity contribution in [1.29, 1.82) is 0 Å². The first kappa shape index (κ1) is 18.0. The van der Waals surface area contributed by atoms with Crippen LogP contribution in [0.25, 0.3) is 5.69 Å². The monoisotopic (exact) mass is 374 g/mol. The molecule has 3 aromatic rings. The minimum atomic E-state index is -0.137. The number of hydrogen-bond donors (Lipinski definition) is 2. The Morgan fingerprint density at radius 2 is 1.75 bits per heavy atom. The molecule has 0 unspecified atom stereocenters. The summed E-state index contributed by atoms with van der Waals surface area (Å²) < 4.78 is 1.83. The molecule has 0 atom stereocenters. The van der Waals surface area contributed by atoms with E-state index in [-0.39, 0.29) is 17.7 Å². The van der Waals surface area contributed by atoms with Crippen LogP contribution in [-0.4, -0.2) is 28.1 Å². The zero-order valence-corrected chi connectivity index (χ0v) is 15.5. The number of nitrogens with one attached hydrogen (secondary N) is 2. The number of para-hydroxylation sites is 1. The Hall–Kier alpha value is -3.41. The van der Waals surface area contributed by atoms with E-state index in [1.807, 2.05) is 47.3 Å². The number of rotatable bonds is 7. The van der Waals surface area contributed by atoms with Crippen LogP contribution in [0.15, 0.2) is 66.9 Å². The third-order valence-electron chi connectivity index (χ3n) is 4.69. The standard InChI is InChI=1S/C22H22N4O2/c27-21(16-8-10-18(11-9-16)24-22(28)17-6-7-17)23-14-12-19-13-15-26(25-19)20-4-2-1-3-5-20/h1-5,8-11,13,15,17H,6-7,12,14H2,(H,23,27)(H,24,28). The first-order valence-electron chi connectivity index (χ1n) is 9.48. The molecular weight excluding hydrogens is 352 g/mol. The minimum absolute atomic E-state index is 0.0622. The summed E-state index contributed by atoms with van der Waals surface area (Å²) in [6, 6.07) is 18.8. The number of anilines is 1. The van der Waals surface area contributed by atoms with Crippen LogP contribution in [0.5, 0.6) is 0 Å². The number of benzene rings is 2. The molecule has 142 valence electrons. The number of carbonyl (C=O) groups excluding carboxylic acids is 2. The Labute approximate surface area is 163 Å². The minimum Gasteiger partial charge on any atom is -0.352 e. The van der Waals surface area contributed by atoms with Gasteiger partial charge in [-0.05, 0) is 55.3 Å². The fourth-order valence-corrected chi connectivity index (χ4v) is 2.92. The summed E-state index contributed by atoms with van der Waals surface area (Å²) in [5.74, 6) is 0.0862. The predicted molar refractivity (Wildman–Crippen MR) is 107 cm³/mol. The van der Waals surface area contributed by atoms with Crippen LogP contribution >= 0.6 is 0 Å². The molecule has 6 nitrogen and oxygen atoms in total. The summed E-state index contributed by atoms with van der Waals surface area (Å²) in [5, 5.41) is 10.3. The van der Waals surface area contributed by atoms with Gasteiger partial charge in [0.25, 0.3) is 5.91 Å². The maximum Gasteiger partial charge on any atom is 0.251 e. The van der Waals surface area contributed by atoms with Crippen molar-refractivity contribution in [3.8, 4) is 5.69 Å². The van der Waals surface area contributed by atoms with Gasteiger partial charge in [-0.2, -0.15) is 5.10 Å². The molecule has 1 heterocycles. The van der Waals surface area contributed by atoms with E-state index in [1.165, 1.54) is 0 Å². The smallest absolute Gasteiger partial charge is 0.251 e. The maximum absolute atomic E-state index is 12.3. The molecule has 2 N–H and O–H groups in total. The molecule has 1 fully saturated rings. The Balaban J connectivity index is 1.26. The second kappa shape index (κ2) is 8.08. The molecule has 0 saturated heterocycles. The molecule has 1 saturated carbocycles. The maximum atomic E-state index is 12.3. The molecule has 28 heavy (non-hydrogen) atoms. The Morgan fingerprint density at radius 1 is 1.00 bits per heavy atom. The lowest BCUT2D eigenvalue weighted by Gasteiger charge is -2.07. The third kappa shape index (κ3) is 4.46. The number of hydrogen-bond acceptors (Lipinski definition) is 3. The quantitative estimate of drug-likeness (QED) is 0.667. The fraction of sp³-hybridized carbons (Fsp3) is 0.227. The average molecular weight is 374 g/mol. The van der Waals surface area contributed by atoms with Crippen molar-refractivity contribution in [1.82, 2.24) is 15.1 Å². The van der Waals surface area contributed by atoms with E-state index >= 15 is 0 Å². The number of carbonyl (C=O) groups is 2. The first-order valence-corrected chi connectivity index (χ1v) is 9.48. The molecule has 4 rings (SSSR count). The Morgan fingerprint density at radius 3 is 2.46 bits per heavy atom. The molecule has 0 bridgehead atoms. The van der Waals surface area contributed by atoms with Gasteiger partial charge < -0.3 is 10.6 Å². The second-order valence-corrected chi connectivity index (χ2v) is 6.93. The fourth-order valence-electron chi connectivity index (χ4n) is 2.92. The van der Waals surface area contributed by atoms with Crippen molar-refractivity contribution >= 4 is 17.5 Å². The lowest BCUT2D eigenvalue weighted by Crippen LogP contribution is -2.25. The van der Waals surface area contributed by atoms with Crippen molar-refractivity contribution in [3.63, 3.8) is 0 Å². The van der Waals surface area contributed by atoms with Crippen LogP contribution < -0.4 is 10.6 Å². The Kier molecular flexibility index (Phi) is 5.19. The van der Waals surface area contributed by atoms with Crippen LogP contribution in [0.3, 0.4) is 0 Å². The van der Waals surface area contributed by atoms with Gasteiger partial charge in [0.05, 0.1) is 11.4 Å². The van der Waals surface area contributed by atoms with Gasteiger partial charge >= 0.3 is 0 Å². The van der Waals surface area contributed by atoms with E-state index in [0.29, 0.717) is 18.5 Å². The molecule has 0 spiro atoms. The number of aromatic nitrogens is 2. The number of amides is 2. The van der Waals surface area contributed by atoms with Crippen molar-refractivity contribution in [2.24, 2.45) is 5.92 Å². The third-order valence-corrected chi connectivity index (χ3v) is 4.69. The van der Waals surface area contributed by atoms with Gasteiger partial charge in [0.1, 0.15) is 0 Å². The highest BCUT2D eigenvalue weighted by Crippen LogP contribution is 2.30. The summed E-state index contributed by atoms with van der Waals surface area (Å²) in [6.07, 6.45) is 4.51. The highest BCUT2D eigenvalue weighted by atomic mass is 16.2. The van der Waals surface area contributed by atoms with Gasteiger partial charge in [0.2, 0.25) is 5.91 Å². The zero-order chi connectivity index (χ0) is 19.3. The first-order chi connectivity index (χ1) is 13.7. The summed E-state index contributed by atoms with van der Waals surface area (Å²) in [6.45, 7) is 0.505. The van der Waals surface area contributed by atoms with Crippen molar-refractivity contribution in [3.05, 3.63) is 78.1 Å². The molecule has 2 aromatic carbocycles. The molecule has 2 amide bonds. The van der Waals surface area contributed by atoms with Crippen LogP contribution in [0.4, 0.5) is 5.69 Å². The van der Waals surface area contributed by atoms with Gasteiger partial charge in [-0.1, -0.05) is 18.2 Å². The highest BCUT2D eigenvalue weighted by Gasteiger charge is 2.29. The van der Waals surface area contributed by atoms with Gasteiger partial charge in [-0.3, -0.25) is 9.59 Å². The van der Waals surface area contributed by atoms with E-state index in [4.69, 9.17) is 0 Å². The van der Waals surface area contributed by atoms with E-state index in [1.54, 1.807) is 24.3 Å². The lowest BCUT2D eigenvalue weighted by molar-refractivity contribution is -0.117. The highest BCUT2D eigenvalue weighted by molar-refractivity contribution is 5.96. The topological polar surface area (TPSA) is 76.0 Å². The van der Waals surface area contributed by atoms with Crippen LogP contribution in [0.1, 0.15) is 28.9 Å². The van der Waals surface area contributed by atoms with Crippen LogP contribution in [0.2, 0.25) is 0 Å². The molecule has 1 aliphatic carbocycles. The molecule has 0 aliphatic heterocycles. The zero-order valence-electron chi connectivity index (χ0n) is 15.5. The number of nitrogens with zero attached hydrogens (tertiary/aromatic N) is 2. The van der Waals surface area contributed by atoms with Crippen LogP contribution in [0, 0.1) is 5.92 Å². The van der Waals surface area contributed by atoms with E-state index in [2.05, 4.69) is 15.7 Å². The van der Waals surface area contributed by atoms with E-state index in [0.717, 1.165) is 29.9 Å². The van der Waals surface area contributed by atoms with Gasteiger partial charge in [0.15, 0.2) is 0 Å². The summed E-state index contributed by atoms with van der Waals surface area (Å²) in [5.41, 5.74) is 3.22. The lowest BCUT2D eigenvalue weighted by atomic mass is 10.2. The van der Waals surface area contributed by atoms with Crippen molar-refractivity contribution < 1.29 is 9.59 Å². The molecule has 1 aliphatic rings. The summed E-state index contributed by atoms with van der Waals surface area (Å²) >= 11 is 0. The largest absolute Gasteiger partial charge is 0.352 e. The second-order valence-electron chi connectivity index (χ2n) is 6.93. The van der Waals surface area contributed by atoms with Crippen molar-refractivity contribution in [2.75, 3.05) is 11.9 Å². The Bertz CT molecular complexity index is 960. The molecular formula is C22H22N4O2. The summed E-state index contributed by atoms with van der Waals surface area (Å²) in [7, 11) is 0. The van der Waals surface area contributed by atoms with E-state index in [9.17, 15) is 9.59 Å². The predicted octanol–water partition coefficient (Wildman–Crippen LogP) is 3.19.